The Morgan fingerprint density at radius 3 is 2.58 bits per heavy atom. The molecule has 1 heterocycles. The van der Waals surface area contributed by atoms with Crippen LogP contribution in [0.1, 0.15) is 46.5 Å². The Bertz CT molecular complexity index is 320. The quantitative estimate of drug-likeness (QED) is 0.823. The molecule has 0 saturated carbocycles. The van der Waals surface area contributed by atoms with Gasteiger partial charge in [0.2, 0.25) is 0 Å². The number of aliphatic carboxylic acids is 1. The Hall–Kier alpha value is -1.26. The summed E-state index contributed by atoms with van der Waals surface area (Å²) >= 11 is 0. The van der Waals surface area contributed by atoms with Gasteiger partial charge in [0, 0.05) is 19.1 Å². The van der Waals surface area contributed by atoms with Crippen molar-refractivity contribution in [3.05, 3.63) is 0 Å². The van der Waals surface area contributed by atoms with Crippen molar-refractivity contribution in [3.63, 3.8) is 0 Å². The molecule has 2 N–H and O–H groups in total. The van der Waals surface area contributed by atoms with Crippen LogP contribution in [0, 0.1) is 11.8 Å². The lowest BCUT2D eigenvalue weighted by Gasteiger charge is -2.25. The first-order valence-corrected chi connectivity index (χ1v) is 7.24. The maximum absolute atomic E-state index is 12.1. The van der Waals surface area contributed by atoms with Crippen LogP contribution < -0.4 is 5.32 Å². The lowest BCUT2D eigenvalue weighted by Crippen LogP contribution is -2.47. The van der Waals surface area contributed by atoms with Crippen LogP contribution in [0.15, 0.2) is 0 Å². The number of hydrogen-bond acceptors (Lipinski definition) is 2. The first-order chi connectivity index (χ1) is 8.95. The van der Waals surface area contributed by atoms with Crippen molar-refractivity contribution >= 4 is 12.0 Å². The molecule has 0 spiro atoms. The van der Waals surface area contributed by atoms with Crippen molar-refractivity contribution in [2.24, 2.45) is 11.8 Å². The molecule has 1 fully saturated rings. The summed E-state index contributed by atoms with van der Waals surface area (Å²) in [6, 6.07) is -0.479. The van der Waals surface area contributed by atoms with E-state index in [1.807, 2.05) is 4.90 Å². The second-order valence-electron chi connectivity index (χ2n) is 5.56. The van der Waals surface area contributed by atoms with Crippen LogP contribution in [0.5, 0.6) is 0 Å². The first-order valence-electron chi connectivity index (χ1n) is 7.24. The zero-order valence-electron chi connectivity index (χ0n) is 12.2. The van der Waals surface area contributed by atoms with Crippen LogP contribution in [0.25, 0.3) is 0 Å². The number of carboxylic acids is 1. The average molecular weight is 270 g/mol. The van der Waals surface area contributed by atoms with E-state index in [-0.39, 0.29) is 12.1 Å². The number of nitrogens with one attached hydrogen (secondary N) is 1. The molecule has 5 nitrogen and oxygen atoms in total. The molecule has 5 heteroatoms. The molecule has 1 rings (SSSR count). The van der Waals surface area contributed by atoms with Crippen molar-refractivity contribution in [1.29, 1.82) is 0 Å². The van der Waals surface area contributed by atoms with Gasteiger partial charge in [-0.05, 0) is 39.0 Å². The molecular weight excluding hydrogens is 244 g/mol. The Morgan fingerprint density at radius 2 is 2.00 bits per heavy atom. The van der Waals surface area contributed by atoms with Gasteiger partial charge in [0.25, 0.3) is 0 Å². The van der Waals surface area contributed by atoms with Crippen LogP contribution in [-0.4, -0.2) is 41.1 Å². The van der Waals surface area contributed by atoms with Crippen molar-refractivity contribution in [3.8, 4) is 0 Å². The van der Waals surface area contributed by atoms with E-state index in [1.165, 1.54) is 12.8 Å². The molecule has 0 aromatic heterocycles. The summed E-state index contributed by atoms with van der Waals surface area (Å²) < 4.78 is 0. The Kier molecular flexibility index (Phi) is 6.12. The summed E-state index contributed by atoms with van der Waals surface area (Å²) in [5.74, 6) is -0.734. The summed E-state index contributed by atoms with van der Waals surface area (Å²) in [6.07, 6.45) is 4.44. The number of carboxylic acid groups (broad SMARTS) is 1. The molecule has 0 aliphatic carbocycles. The summed E-state index contributed by atoms with van der Waals surface area (Å²) in [7, 11) is 0. The summed E-state index contributed by atoms with van der Waals surface area (Å²) in [5, 5.41) is 11.7. The predicted octanol–water partition coefficient (Wildman–Crippen LogP) is 2.32. The fraction of sp³-hybridized carbons (Fsp3) is 0.857. The van der Waals surface area contributed by atoms with Gasteiger partial charge in [0.05, 0.1) is 5.92 Å². The molecule has 0 radical (unpaired) electrons. The van der Waals surface area contributed by atoms with E-state index in [9.17, 15) is 9.59 Å². The number of rotatable bonds is 4. The third-order valence-electron chi connectivity index (χ3n) is 4.20. The van der Waals surface area contributed by atoms with Gasteiger partial charge < -0.3 is 15.3 Å². The number of carbonyl (C=O) groups excluding carboxylic acids is 1. The van der Waals surface area contributed by atoms with Crippen LogP contribution in [0.4, 0.5) is 4.79 Å². The van der Waals surface area contributed by atoms with E-state index in [0.29, 0.717) is 5.92 Å². The van der Waals surface area contributed by atoms with Crippen molar-refractivity contribution in [1.82, 2.24) is 10.2 Å². The van der Waals surface area contributed by atoms with Gasteiger partial charge in [-0.3, -0.25) is 4.79 Å². The molecule has 1 aliphatic rings. The molecule has 1 saturated heterocycles. The minimum atomic E-state index is -0.880. The lowest BCUT2D eigenvalue weighted by molar-refractivity contribution is -0.141. The largest absolute Gasteiger partial charge is 0.481 e. The molecule has 0 aromatic rings. The van der Waals surface area contributed by atoms with E-state index in [1.54, 1.807) is 13.8 Å². The van der Waals surface area contributed by atoms with E-state index >= 15 is 0 Å². The van der Waals surface area contributed by atoms with Crippen LogP contribution >= 0.6 is 0 Å². The molecule has 1 aliphatic heterocycles. The highest BCUT2D eigenvalue weighted by Gasteiger charge is 2.24. The molecule has 110 valence electrons. The number of amides is 2. The Balaban J connectivity index is 2.47. The van der Waals surface area contributed by atoms with Crippen LogP contribution in [-0.2, 0) is 4.79 Å². The second-order valence-corrected chi connectivity index (χ2v) is 5.56. The smallest absolute Gasteiger partial charge is 0.317 e. The monoisotopic (exact) mass is 270 g/mol. The highest BCUT2D eigenvalue weighted by Crippen LogP contribution is 2.20. The molecular formula is C14H26N2O3. The highest BCUT2D eigenvalue weighted by atomic mass is 16.4. The lowest BCUT2D eigenvalue weighted by atomic mass is 9.98. The number of nitrogens with zero attached hydrogens (tertiary/aromatic N) is 1. The van der Waals surface area contributed by atoms with Gasteiger partial charge in [-0.2, -0.15) is 0 Å². The number of carbonyl (C=O) groups is 2. The maximum Gasteiger partial charge on any atom is 0.317 e. The summed E-state index contributed by atoms with van der Waals surface area (Å²) in [5.41, 5.74) is 0. The average Bonchev–Trinajstić information content (AvgIpc) is 2.62. The normalized spacial score (nSPS) is 23.3. The highest BCUT2D eigenvalue weighted by molar-refractivity contribution is 5.76. The van der Waals surface area contributed by atoms with Gasteiger partial charge in [-0.1, -0.05) is 13.3 Å². The SMILES string of the molecule is CCC1CCCN(C(=O)NC(C)C(C)C(=O)O)CC1. The van der Waals surface area contributed by atoms with E-state index < -0.39 is 11.9 Å². The fourth-order valence-corrected chi connectivity index (χ4v) is 2.40. The van der Waals surface area contributed by atoms with Crippen LogP contribution in [0.2, 0.25) is 0 Å². The first kappa shape index (κ1) is 15.8. The summed E-state index contributed by atoms with van der Waals surface area (Å²) in [6.45, 7) is 7.10. The van der Waals surface area contributed by atoms with Gasteiger partial charge in [-0.15, -0.1) is 0 Å². The standard InChI is InChI=1S/C14H26N2O3/c1-4-12-6-5-8-16(9-7-12)14(19)15-11(3)10(2)13(17)18/h10-12H,4-9H2,1-3H3,(H,15,19)(H,17,18). The molecule has 0 aromatic carbocycles. The van der Waals surface area contributed by atoms with E-state index in [4.69, 9.17) is 5.11 Å². The fourth-order valence-electron chi connectivity index (χ4n) is 2.40. The molecule has 0 bridgehead atoms. The van der Waals surface area contributed by atoms with Gasteiger partial charge in [0.15, 0.2) is 0 Å². The van der Waals surface area contributed by atoms with Gasteiger partial charge >= 0.3 is 12.0 Å². The predicted molar refractivity (Wildman–Crippen MR) is 74.0 cm³/mol. The topological polar surface area (TPSA) is 69.6 Å². The summed E-state index contributed by atoms with van der Waals surface area (Å²) in [4.78, 5) is 24.8. The second kappa shape index (κ2) is 7.36. The maximum atomic E-state index is 12.1. The molecule has 2 amide bonds. The van der Waals surface area contributed by atoms with Gasteiger partial charge in [0.1, 0.15) is 0 Å². The minimum absolute atomic E-state index is 0.127. The number of likely N-dealkylation sites (tertiary alicyclic amines) is 1. The van der Waals surface area contributed by atoms with Crippen molar-refractivity contribution in [2.45, 2.75) is 52.5 Å². The van der Waals surface area contributed by atoms with E-state index in [0.717, 1.165) is 25.9 Å². The third kappa shape index (κ3) is 4.73. The van der Waals surface area contributed by atoms with Crippen LogP contribution in [0.3, 0.4) is 0 Å². The zero-order chi connectivity index (χ0) is 14.4. The molecule has 3 unspecified atom stereocenters. The number of hydrogen-bond donors (Lipinski definition) is 2. The van der Waals surface area contributed by atoms with E-state index in [2.05, 4.69) is 12.2 Å². The van der Waals surface area contributed by atoms with Crippen molar-refractivity contribution < 1.29 is 14.7 Å². The Morgan fingerprint density at radius 1 is 1.32 bits per heavy atom. The zero-order valence-corrected chi connectivity index (χ0v) is 12.2. The van der Waals surface area contributed by atoms with Gasteiger partial charge in [-0.25, -0.2) is 4.79 Å². The molecule has 3 atom stereocenters. The minimum Gasteiger partial charge on any atom is -0.481 e. The Labute approximate surface area is 115 Å². The van der Waals surface area contributed by atoms with Crippen molar-refractivity contribution in [2.75, 3.05) is 13.1 Å². The number of urea groups is 1. The third-order valence-corrected chi connectivity index (χ3v) is 4.20. The molecule has 19 heavy (non-hydrogen) atoms.